The predicted molar refractivity (Wildman–Crippen MR) is 82.8 cm³/mol. The Balaban J connectivity index is 2.15. The van der Waals surface area contributed by atoms with Gasteiger partial charge in [0.15, 0.2) is 0 Å². The van der Waals surface area contributed by atoms with Crippen LogP contribution in [0.25, 0.3) is 0 Å². The van der Waals surface area contributed by atoms with E-state index in [2.05, 4.69) is 9.71 Å². The van der Waals surface area contributed by atoms with E-state index in [-0.39, 0.29) is 17.4 Å². The Bertz CT molecular complexity index is 697. The molecule has 0 aliphatic carbocycles. The molecule has 0 spiro atoms. The number of aliphatic hydroxyl groups excluding tert-OH is 1. The van der Waals surface area contributed by atoms with E-state index in [4.69, 9.17) is 5.11 Å². The zero-order chi connectivity index (χ0) is 15.5. The highest BCUT2D eigenvalue weighted by Gasteiger charge is 2.19. The molecule has 2 rings (SSSR count). The van der Waals surface area contributed by atoms with Crippen LogP contribution >= 0.6 is 11.3 Å². The van der Waals surface area contributed by atoms with Crippen LogP contribution in [0.15, 0.2) is 34.7 Å². The Morgan fingerprint density at radius 1 is 1.43 bits per heavy atom. The van der Waals surface area contributed by atoms with Crippen LogP contribution in [0.1, 0.15) is 29.0 Å². The summed E-state index contributed by atoms with van der Waals surface area (Å²) in [5, 5.41) is 11.9. The van der Waals surface area contributed by atoms with Gasteiger partial charge in [-0.05, 0) is 24.1 Å². The van der Waals surface area contributed by atoms with Gasteiger partial charge in [-0.3, -0.25) is 0 Å². The van der Waals surface area contributed by atoms with Crippen LogP contribution in [0.4, 0.5) is 0 Å². The molecule has 7 heteroatoms. The second-order valence-electron chi connectivity index (χ2n) is 4.88. The second-order valence-corrected chi connectivity index (χ2v) is 7.54. The number of aromatic nitrogens is 1. The third kappa shape index (κ3) is 3.88. The minimum Gasteiger partial charge on any atom is -0.392 e. The zero-order valence-corrected chi connectivity index (χ0v) is 13.5. The highest BCUT2D eigenvalue weighted by atomic mass is 32.2. The van der Waals surface area contributed by atoms with Crippen molar-refractivity contribution < 1.29 is 13.5 Å². The number of hydrogen-bond acceptors (Lipinski definition) is 5. The number of hydrogen-bond donors (Lipinski definition) is 2. The van der Waals surface area contributed by atoms with Crippen molar-refractivity contribution in [3.8, 4) is 0 Å². The van der Waals surface area contributed by atoms with Crippen LogP contribution in [0.3, 0.4) is 0 Å². The monoisotopic (exact) mass is 326 g/mol. The van der Waals surface area contributed by atoms with E-state index >= 15 is 0 Å². The van der Waals surface area contributed by atoms with Gasteiger partial charge in [-0.25, -0.2) is 18.1 Å². The number of nitrogens with one attached hydrogen (secondary N) is 1. The first-order valence-electron chi connectivity index (χ1n) is 6.53. The second kappa shape index (κ2) is 6.65. The van der Waals surface area contributed by atoms with Crippen molar-refractivity contribution >= 4 is 21.4 Å². The molecule has 21 heavy (non-hydrogen) atoms. The van der Waals surface area contributed by atoms with E-state index in [9.17, 15) is 8.42 Å². The molecular weight excluding hydrogens is 308 g/mol. The van der Waals surface area contributed by atoms with E-state index in [1.54, 1.807) is 25.3 Å². The lowest BCUT2D eigenvalue weighted by molar-refractivity contribution is 0.281. The largest absolute Gasteiger partial charge is 0.392 e. The number of sulfonamides is 1. The first-order chi connectivity index (χ1) is 9.94. The molecule has 1 aromatic heterocycles. The topological polar surface area (TPSA) is 79.3 Å². The predicted octanol–water partition coefficient (Wildman–Crippen LogP) is 2.03. The van der Waals surface area contributed by atoms with E-state index in [0.717, 1.165) is 5.01 Å². The maximum atomic E-state index is 12.4. The van der Waals surface area contributed by atoms with Crippen LogP contribution in [-0.4, -0.2) is 25.1 Å². The molecule has 2 aromatic rings. The summed E-state index contributed by atoms with van der Waals surface area (Å²) in [6.07, 6.45) is 1.71. The van der Waals surface area contributed by atoms with Crippen molar-refractivity contribution in [1.82, 2.24) is 9.71 Å². The minimum atomic E-state index is -3.59. The molecule has 0 aliphatic heterocycles. The standard InChI is InChI=1S/C14H18N2O3S2/c1-10-3-4-12(9-17)7-13(10)21(18,19)16-8-11(2)14-15-5-6-20-14/h3-7,11,16-17H,8-9H2,1-2H3. The molecule has 1 aromatic carbocycles. The van der Waals surface area contributed by atoms with Gasteiger partial charge in [0.1, 0.15) is 0 Å². The average molecular weight is 326 g/mol. The van der Waals surface area contributed by atoms with Gasteiger partial charge in [0, 0.05) is 24.0 Å². The van der Waals surface area contributed by atoms with Crippen molar-refractivity contribution in [3.05, 3.63) is 45.9 Å². The Kier molecular flexibility index (Phi) is 5.10. The molecule has 1 atom stereocenters. The summed E-state index contributed by atoms with van der Waals surface area (Å²) in [5.41, 5.74) is 1.23. The summed E-state index contributed by atoms with van der Waals surface area (Å²) in [4.78, 5) is 4.39. The van der Waals surface area contributed by atoms with Crippen molar-refractivity contribution in [3.63, 3.8) is 0 Å². The molecule has 0 saturated heterocycles. The molecule has 1 unspecified atom stereocenters. The number of thiazole rings is 1. The number of benzene rings is 1. The van der Waals surface area contributed by atoms with Crippen molar-refractivity contribution in [1.29, 1.82) is 0 Å². The van der Waals surface area contributed by atoms with Crippen molar-refractivity contribution in [2.75, 3.05) is 6.54 Å². The van der Waals surface area contributed by atoms with Gasteiger partial charge in [0.25, 0.3) is 0 Å². The molecule has 2 N–H and O–H groups in total. The van der Waals surface area contributed by atoms with Crippen LogP contribution < -0.4 is 4.72 Å². The summed E-state index contributed by atoms with van der Waals surface area (Å²) in [7, 11) is -3.59. The zero-order valence-electron chi connectivity index (χ0n) is 11.9. The first-order valence-corrected chi connectivity index (χ1v) is 8.90. The maximum absolute atomic E-state index is 12.4. The molecule has 0 saturated carbocycles. The summed E-state index contributed by atoms with van der Waals surface area (Å²) >= 11 is 1.51. The number of rotatable bonds is 6. The van der Waals surface area contributed by atoms with Gasteiger partial charge in [-0.1, -0.05) is 19.1 Å². The van der Waals surface area contributed by atoms with Crippen LogP contribution in [0.2, 0.25) is 0 Å². The molecule has 0 bridgehead atoms. The SMILES string of the molecule is Cc1ccc(CO)cc1S(=O)(=O)NCC(C)c1nccs1. The van der Waals surface area contributed by atoms with E-state index < -0.39 is 10.0 Å². The summed E-state index contributed by atoms with van der Waals surface area (Å²) in [6, 6.07) is 4.92. The lowest BCUT2D eigenvalue weighted by atomic mass is 10.2. The fourth-order valence-corrected chi connectivity index (χ4v) is 4.03. The average Bonchev–Trinajstić information content (AvgIpc) is 2.99. The Hall–Kier alpha value is -1.28. The van der Waals surface area contributed by atoms with E-state index in [1.807, 2.05) is 12.3 Å². The molecule has 0 fully saturated rings. The third-order valence-corrected chi connectivity index (χ3v) is 5.75. The summed E-state index contributed by atoms with van der Waals surface area (Å²) in [6.45, 7) is 3.77. The Morgan fingerprint density at radius 2 is 2.19 bits per heavy atom. The molecule has 0 amide bonds. The normalized spacial score (nSPS) is 13.3. The van der Waals surface area contributed by atoms with Gasteiger partial charge in [0.2, 0.25) is 10.0 Å². The summed E-state index contributed by atoms with van der Waals surface area (Å²) < 4.78 is 27.4. The summed E-state index contributed by atoms with van der Waals surface area (Å²) in [5.74, 6) is 0.0149. The smallest absolute Gasteiger partial charge is 0.240 e. The number of aliphatic hydroxyl groups is 1. The third-order valence-electron chi connectivity index (χ3n) is 3.18. The van der Waals surface area contributed by atoms with Gasteiger partial charge in [-0.2, -0.15) is 0 Å². The molecular formula is C14H18N2O3S2. The van der Waals surface area contributed by atoms with E-state index in [0.29, 0.717) is 17.7 Å². The van der Waals surface area contributed by atoms with Crippen molar-refractivity contribution in [2.24, 2.45) is 0 Å². The number of nitrogens with zero attached hydrogens (tertiary/aromatic N) is 1. The van der Waals surface area contributed by atoms with E-state index in [1.165, 1.54) is 17.4 Å². The lowest BCUT2D eigenvalue weighted by Gasteiger charge is -2.13. The van der Waals surface area contributed by atoms with Crippen LogP contribution in [-0.2, 0) is 16.6 Å². The molecule has 1 heterocycles. The van der Waals surface area contributed by atoms with Gasteiger partial charge >= 0.3 is 0 Å². The fraction of sp³-hybridized carbons (Fsp3) is 0.357. The highest BCUT2D eigenvalue weighted by Crippen LogP contribution is 2.20. The first kappa shape index (κ1) is 16.1. The maximum Gasteiger partial charge on any atom is 0.240 e. The van der Waals surface area contributed by atoms with Crippen LogP contribution in [0.5, 0.6) is 0 Å². The van der Waals surface area contributed by atoms with Gasteiger partial charge in [-0.15, -0.1) is 11.3 Å². The quantitative estimate of drug-likeness (QED) is 0.851. The van der Waals surface area contributed by atoms with Gasteiger partial charge < -0.3 is 5.11 Å². The Labute approximate surface area is 128 Å². The number of aryl methyl sites for hydroxylation is 1. The van der Waals surface area contributed by atoms with Crippen LogP contribution in [0, 0.1) is 6.92 Å². The minimum absolute atomic E-state index is 0.0149. The lowest BCUT2D eigenvalue weighted by Crippen LogP contribution is -2.28. The van der Waals surface area contributed by atoms with Crippen molar-refractivity contribution in [2.45, 2.75) is 31.3 Å². The Morgan fingerprint density at radius 3 is 2.81 bits per heavy atom. The van der Waals surface area contributed by atoms with Gasteiger partial charge in [0.05, 0.1) is 16.5 Å². The molecule has 0 radical (unpaired) electrons. The molecule has 0 aliphatic rings. The molecule has 114 valence electrons. The molecule has 5 nitrogen and oxygen atoms in total. The highest BCUT2D eigenvalue weighted by molar-refractivity contribution is 7.89. The fourth-order valence-electron chi connectivity index (χ4n) is 1.91.